The molecule has 0 aliphatic heterocycles. The van der Waals surface area contributed by atoms with Crippen LogP contribution in [0, 0.1) is 11.3 Å². The van der Waals surface area contributed by atoms with Crippen LogP contribution in [0.25, 0.3) is 16.9 Å². The number of nitrogens with one attached hydrogen (secondary N) is 1. The number of carbonyl (C=O) groups excluding carboxylic acids is 1. The highest BCUT2D eigenvalue weighted by molar-refractivity contribution is 9.10. The molecule has 0 radical (unpaired) electrons. The molecule has 0 aliphatic rings. The van der Waals surface area contributed by atoms with Gasteiger partial charge in [0, 0.05) is 18.3 Å². The molecule has 0 atom stereocenters. The number of hydrogen-bond acceptors (Lipinski definition) is 5. The number of halogens is 1. The van der Waals surface area contributed by atoms with Crippen LogP contribution >= 0.6 is 15.9 Å². The molecular weight excluding hydrogens is 398 g/mol. The Hall–Kier alpha value is -2.76. The van der Waals surface area contributed by atoms with Crippen molar-refractivity contribution < 1.29 is 9.90 Å². The maximum atomic E-state index is 12.2. The molecule has 0 bridgehead atoms. The number of fused-ring (bicyclic) bond motifs is 1. The van der Waals surface area contributed by atoms with E-state index in [1.54, 1.807) is 48.8 Å². The van der Waals surface area contributed by atoms with E-state index in [9.17, 15) is 9.90 Å². The molecule has 0 unspecified atom stereocenters. The molecule has 0 saturated heterocycles. The minimum absolute atomic E-state index is 0.116. The second-order valence-electron chi connectivity index (χ2n) is 6.43. The first-order chi connectivity index (χ1) is 12.3. The summed E-state index contributed by atoms with van der Waals surface area (Å²) in [5, 5.41) is 25.9. The Labute approximate surface area is 158 Å². The Morgan fingerprint density at radius 1 is 1.42 bits per heavy atom. The maximum absolute atomic E-state index is 12.2. The lowest BCUT2D eigenvalue weighted by molar-refractivity contribution is 0.0692. The summed E-state index contributed by atoms with van der Waals surface area (Å²) in [4.78, 5) is 16.6. The van der Waals surface area contributed by atoms with Crippen LogP contribution in [0.4, 0.5) is 0 Å². The highest BCUT2D eigenvalue weighted by Gasteiger charge is 2.18. The number of nitriles is 1. The van der Waals surface area contributed by atoms with Crippen LogP contribution in [0.1, 0.15) is 29.9 Å². The van der Waals surface area contributed by atoms with Gasteiger partial charge >= 0.3 is 0 Å². The number of aromatic nitrogens is 3. The minimum Gasteiger partial charge on any atom is -0.389 e. The molecule has 0 spiro atoms. The quantitative estimate of drug-likeness (QED) is 0.683. The summed E-state index contributed by atoms with van der Waals surface area (Å²) in [6, 6.07) is 10.8. The van der Waals surface area contributed by atoms with Gasteiger partial charge in [-0.3, -0.25) is 4.79 Å². The zero-order chi connectivity index (χ0) is 18.9. The average Bonchev–Trinajstić information content (AvgIpc) is 2.95. The van der Waals surface area contributed by atoms with Gasteiger partial charge in [-0.05, 0) is 48.0 Å². The van der Waals surface area contributed by atoms with Crippen LogP contribution in [0.2, 0.25) is 0 Å². The van der Waals surface area contributed by atoms with E-state index in [0.29, 0.717) is 21.4 Å². The third-order valence-electron chi connectivity index (χ3n) is 3.61. The van der Waals surface area contributed by atoms with E-state index in [4.69, 9.17) is 5.26 Å². The lowest BCUT2D eigenvalue weighted by Crippen LogP contribution is -2.38. The summed E-state index contributed by atoms with van der Waals surface area (Å²) >= 11 is 3.49. The molecule has 0 saturated carbocycles. The van der Waals surface area contributed by atoms with Crippen molar-refractivity contribution >= 4 is 27.5 Å². The summed E-state index contributed by atoms with van der Waals surface area (Å²) in [7, 11) is 0. The SMILES string of the molecule is CC(C)(O)CNC(=O)c1ccn2nc(-c3cccc(C#N)c3)c(Br)c2n1. The van der Waals surface area contributed by atoms with Gasteiger partial charge in [0.25, 0.3) is 5.91 Å². The predicted octanol–water partition coefficient (Wildman–Crippen LogP) is 2.53. The lowest BCUT2D eigenvalue weighted by atomic mass is 10.1. The maximum Gasteiger partial charge on any atom is 0.270 e. The van der Waals surface area contributed by atoms with Crippen molar-refractivity contribution in [3.8, 4) is 17.3 Å². The van der Waals surface area contributed by atoms with Crippen molar-refractivity contribution in [2.75, 3.05) is 6.54 Å². The number of nitrogens with zero attached hydrogens (tertiary/aromatic N) is 4. The Kier molecular flexibility index (Phi) is 4.76. The Balaban J connectivity index is 1.97. The van der Waals surface area contributed by atoms with Gasteiger partial charge in [-0.15, -0.1) is 0 Å². The van der Waals surface area contributed by atoms with Crippen molar-refractivity contribution in [2.24, 2.45) is 0 Å². The Bertz CT molecular complexity index is 1030. The third kappa shape index (κ3) is 3.74. The van der Waals surface area contributed by atoms with Crippen molar-refractivity contribution in [2.45, 2.75) is 19.4 Å². The highest BCUT2D eigenvalue weighted by atomic mass is 79.9. The Morgan fingerprint density at radius 3 is 2.88 bits per heavy atom. The second-order valence-corrected chi connectivity index (χ2v) is 7.22. The topological polar surface area (TPSA) is 103 Å². The molecule has 7 nitrogen and oxygen atoms in total. The van der Waals surface area contributed by atoms with Gasteiger partial charge in [0.1, 0.15) is 11.4 Å². The van der Waals surface area contributed by atoms with Crippen LogP contribution in [-0.2, 0) is 0 Å². The highest BCUT2D eigenvalue weighted by Crippen LogP contribution is 2.30. The van der Waals surface area contributed by atoms with E-state index < -0.39 is 5.60 Å². The van der Waals surface area contributed by atoms with Crippen molar-refractivity contribution in [3.05, 3.63) is 52.3 Å². The number of hydrogen-bond donors (Lipinski definition) is 2. The van der Waals surface area contributed by atoms with Gasteiger partial charge in [-0.2, -0.15) is 10.4 Å². The van der Waals surface area contributed by atoms with E-state index >= 15 is 0 Å². The fourth-order valence-corrected chi connectivity index (χ4v) is 2.91. The van der Waals surface area contributed by atoms with E-state index in [2.05, 4.69) is 37.4 Å². The van der Waals surface area contributed by atoms with Gasteiger partial charge < -0.3 is 10.4 Å². The summed E-state index contributed by atoms with van der Waals surface area (Å²) in [5.74, 6) is -0.379. The largest absolute Gasteiger partial charge is 0.389 e. The molecule has 0 aliphatic carbocycles. The normalized spacial score (nSPS) is 11.3. The zero-order valence-electron chi connectivity index (χ0n) is 14.2. The van der Waals surface area contributed by atoms with Crippen LogP contribution in [0.5, 0.6) is 0 Å². The van der Waals surface area contributed by atoms with Gasteiger partial charge in [0.2, 0.25) is 0 Å². The predicted molar refractivity (Wildman–Crippen MR) is 99.5 cm³/mol. The van der Waals surface area contributed by atoms with Gasteiger partial charge in [0.05, 0.1) is 21.7 Å². The van der Waals surface area contributed by atoms with Gasteiger partial charge in [-0.25, -0.2) is 9.50 Å². The number of amides is 1. The molecule has 132 valence electrons. The zero-order valence-corrected chi connectivity index (χ0v) is 15.8. The standard InChI is InChI=1S/C18H16BrN5O2/c1-18(2,26)10-21-17(25)13-6-7-24-16(22-13)14(19)15(23-24)12-5-3-4-11(8-12)9-20/h3-8,26H,10H2,1-2H3,(H,21,25). The van der Waals surface area contributed by atoms with E-state index in [-0.39, 0.29) is 18.1 Å². The summed E-state index contributed by atoms with van der Waals surface area (Å²) < 4.78 is 2.19. The summed E-state index contributed by atoms with van der Waals surface area (Å²) in [5.41, 5.74) is 1.64. The Morgan fingerprint density at radius 2 is 2.19 bits per heavy atom. The first kappa shape index (κ1) is 18.0. The molecular formula is C18H16BrN5O2. The minimum atomic E-state index is -1.00. The summed E-state index contributed by atoms with van der Waals surface area (Å²) in [6.45, 7) is 3.34. The number of benzene rings is 1. The second kappa shape index (κ2) is 6.86. The molecule has 3 rings (SSSR count). The number of rotatable bonds is 4. The molecule has 8 heteroatoms. The smallest absolute Gasteiger partial charge is 0.270 e. The van der Waals surface area contributed by atoms with Crippen LogP contribution < -0.4 is 5.32 Å². The molecule has 2 aromatic heterocycles. The van der Waals surface area contributed by atoms with Gasteiger partial charge in [0.15, 0.2) is 5.65 Å². The van der Waals surface area contributed by atoms with Crippen molar-refractivity contribution in [3.63, 3.8) is 0 Å². The van der Waals surface area contributed by atoms with E-state index in [1.807, 2.05) is 6.07 Å². The molecule has 1 aromatic carbocycles. The fourth-order valence-electron chi connectivity index (χ4n) is 2.34. The molecule has 0 fully saturated rings. The van der Waals surface area contributed by atoms with Gasteiger partial charge in [-0.1, -0.05) is 12.1 Å². The number of aliphatic hydroxyl groups is 1. The van der Waals surface area contributed by atoms with E-state index in [0.717, 1.165) is 5.56 Å². The fraction of sp³-hybridized carbons (Fsp3) is 0.222. The molecule has 2 heterocycles. The van der Waals surface area contributed by atoms with E-state index in [1.165, 1.54) is 0 Å². The van der Waals surface area contributed by atoms with Crippen molar-refractivity contribution in [1.82, 2.24) is 19.9 Å². The number of carbonyl (C=O) groups is 1. The molecule has 2 N–H and O–H groups in total. The third-order valence-corrected chi connectivity index (χ3v) is 4.34. The monoisotopic (exact) mass is 413 g/mol. The molecule has 1 amide bonds. The average molecular weight is 414 g/mol. The van der Waals surface area contributed by atoms with Crippen LogP contribution in [0.15, 0.2) is 41.0 Å². The van der Waals surface area contributed by atoms with Crippen LogP contribution in [0.3, 0.4) is 0 Å². The first-order valence-electron chi connectivity index (χ1n) is 7.84. The molecule has 26 heavy (non-hydrogen) atoms. The molecule has 3 aromatic rings. The summed E-state index contributed by atoms with van der Waals surface area (Å²) in [6.07, 6.45) is 1.64. The van der Waals surface area contributed by atoms with Crippen molar-refractivity contribution in [1.29, 1.82) is 5.26 Å². The first-order valence-corrected chi connectivity index (χ1v) is 8.64. The van der Waals surface area contributed by atoms with Crippen LogP contribution in [-0.4, -0.2) is 37.8 Å². The lowest BCUT2D eigenvalue weighted by Gasteiger charge is -2.17.